The van der Waals surface area contributed by atoms with Crippen LogP contribution in [0, 0.1) is 16.7 Å². The molecule has 2 aliphatic rings. The Bertz CT molecular complexity index is 535. The highest BCUT2D eigenvalue weighted by Crippen LogP contribution is 2.43. The summed E-state index contributed by atoms with van der Waals surface area (Å²) in [7, 11) is 0. The molecule has 1 aromatic carbocycles. The van der Waals surface area contributed by atoms with Crippen molar-refractivity contribution in [3.8, 4) is 6.07 Å². The van der Waals surface area contributed by atoms with Crippen LogP contribution in [0.1, 0.15) is 53.6 Å². The van der Waals surface area contributed by atoms with Crippen LogP contribution < -0.4 is 0 Å². The zero-order valence-corrected chi connectivity index (χ0v) is 10.5. The number of benzene rings is 1. The second-order valence-corrected chi connectivity index (χ2v) is 5.57. The summed E-state index contributed by atoms with van der Waals surface area (Å²) < 4.78 is 0. The van der Waals surface area contributed by atoms with Gasteiger partial charge in [-0.05, 0) is 62.1 Å². The third kappa shape index (κ3) is 1.66. The average molecular weight is 239 g/mol. The predicted molar refractivity (Wildman–Crippen MR) is 69.3 cm³/mol. The quantitative estimate of drug-likeness (QED) is 0.742. The van der Waals surface area contributed by atoms with Crippen LogP contribution in [0.15, 0.2) is 18.2 Å². The van der Waals surface area contributed by atoms with Crippen molar-refractivity contribution >= 4 is 5.78 Å². The summed E-state index contributed by atoms with van der Waals surface area (Å²) >= 11 is 0. The molecule has 2 heteroatoms. The number of nitriles is 1. The molecular weight excluding hydrogens is 222 g/mol. The van der Waals surface area contributed by atoms with Gasteiger partial charge in [-0.2, -0.15) is 5.26 Å². The standard InChI is InChI=1S/C16H17NO/c17-11-16(8-3-9-16)15(18)14-7-6-12-4-1-2-5-13(12)10-14/h6-7,10H,1-5,8-9H2. The molecular formula is C16H17NO. The average Bonchev–Trinajstić information content (AvgIpc) is 2.37. The number of carbonyl (C=O) groups excluding carboxylic acids is 1. The van der Waals surface area contributed by atoms with Crippen LogP contribution >= 0.6 is 0 Å². The van der Waals surface area contributed by atoms with Crippen LogP contribution in [-0.4, -0.2) is 5.78 Å². The molecule has 1 saturated carbocycles. The van der Waals surface area contributed by atoms with Crippen LogP contribution in [0.4, 0.5) is 0 Å². The number of aryl methyl sites for hydroxylation is 2. The molecule has 1 aromatic rings. The largest absolute Gasteiger partial charge is 0.292 e. The summed E-state index contributed by atoms with van der Waals surface area (Å²) in [4.78, 5) is 12.4. The van der Waals surface area contributed by atoms with Crippen molar-refractivity contribution in [3.05, 3.63) is 34.9 Å². The fourth-order valence-electron chi connectivity index (χ4n) is 3.07. The fourth-order valence-corrected chi connectivity index (χ4v) is 3.07. The SMILES string of the molecule is N#CC1(C(=O)c2ccc3c(c2)CCCC3)CCC1. The lowest BCUT2D eigenvalue weighted by molar-refractivity contribution is 0.0748. The van der Waals surface area contributed by atoms with E-state index in [9.17, 15) is 10.1 Å². The minimum absolute atomic E-state index is 0.0459. The molecule has 0 bridgehead atoms. The maximum absolute atomic E-state index is 12.4. The molecule has 0 radical (unpaired) electrons. The highest BCUT2D eigenvalue weighted by Gasteiger charge is 2.44. The normalized spacial score (nSPS) is 20.4. The molecule has 3 rings (SSSR count). The second-order valence-electron chi connectivity index (χ2n) is 5.57. The van der Waals surface area contributed by atoms with Gasteiger partial charge in [-0.1, -0.05) is 12.1 Å². The van der Waals surface area contributed by atoms with Crippen LogP contribution in [0.3, 0.4) is 0 Å². The van der Waals surface area contributed by atoms with Gasteiger partial charge in [-0.3, -0.25) is 4.79 Å². The van der Waals surface area contributed by atoms with Gasteiger partial charge < -0.3 is 0 Å². The van der Waals surface area contributed by atoms with E-state index < -0.39 is 5.41 Å². The van der Waals surface area contributed by atoms with Crippen molar-refractivity contribution < 1.29 is 4.79 Å². The first kappa shape index (κ1) is 11.5. The number of ketones is 1. The molecule has 1 fully saturated rings. The molecule has 2 nitrogen and oxygen atoms in total. The lowest BCUT2D eigenvalue weighted by Gasteiger charge is -2.33. The maximum atomic E-state index is 12.4. The minimum Gasteiger partial charge on any atom is -0.292 e. The molecule has 0 aromatic heterocycles. The summed E-state index contributed by atoms with van der Waals surface area (Å²) in [5.41, 5.74) is 2.75. The number of nitrogens with zero attached hydrogens (tertiary/aromatic N) is 1. The minimum atomic E-state index is -0.705. The number of hydrogen-bond acceptors (Lipinski definition) is 2. The predicted octanol–water partition coefficient (Wildman–Crippen LogP) is 3.44. The highest BCUT2D eigenvalue weighted by molar-refractivity contribution is 6.03. The Labute approximate surface area is 108 Å². The Balaban J connectivity index is 1.93. The van der Waals surface area contributed by atoms with Crippen LogP contribution in [0.5, 0.6) is 0 Å². The van der Waals surface area contributed by atoms with E-state index in [1.807, 2.05) is 12.1 Å². The number of rotatable bonds is 2. The van der Waals surface area contributed by atoms with Crippen LogP contribution in [-0.2, 0) is 12.8 Å². The molecule has 0 heterocycles. The monoisotopic (exact) mass is 239 g/mol. The lowest BCUT2D eigenvalue weighted by Crippen LogP contribution is -2.36. The summed E-state index contributed by atoms with van der Waals surface area (Å²) in [6.07, 6.45) is 7.16. The number of fused-ring (bicyclic) bond motifs is 1. The summed E-state index contributed by atoms with van der Waals surface area (Å²) in [5, 5.41) is 9.24. The Hall–Kier alpha value is -1.62. The summed E-state index contributed by atoms with van der Waals surface area (Å²) in [6.45, 7) is 0. The molecule has 18 heavy (non-hydrogen) atoms. The van der Waals surface area contributed by atoms with Crippen LogP contribution in [0.25, 0.3) is 0 Å². The smallest absolute Gasteiger partial charge is 0.183 e. The topological polar surface area (TPSA) is 40.9 Å². The second kappa shape index (κ2) is 4.24. The van der Waals surface area contributed by atoms with Gasteiger partial charge in [-0.25, -0.2) is 0 Å². The molecule has 0 N–H and O–H groups in total. The van der Waals surface area contributed by atoms with Crippen molar-refractivity contribution in [2.24, 2.45) is 5.41 Å². The Morgan fingerprint density at radius 1 is 1.11 bits per heavy atom. The van der Waals surface area contributed by atoms with E-state index in [4.69, 9.17) is 0 Å². The van der Waals surface area contributed by atoms with Gasteiger partial charge in [0.05, 0.1) is 6.07 Å². The van der Waals surface area contributed by atoms with Gasteiger partial charge in [-0.15, -0.1) is 0 Å². The molecule has 92 valence electrons. The van der Waals surface area contributed by atoms with E-state index in [0.717, 1.165) is 37.7 Å². The van der Waals surface area contributed by atoms with E-state index in [0.29, 0.717) is 0 Å². The van der Waals surface area contributed by atoms with Gasteiger partial charge >= 0.3 is 0 Å². The number of carbonyl (C=O) groups is 1. The van der Waals surface area contributed by atoms with Crippen molar-refractivity contribution in [2.75, 3.05) is 0 Å². The van der Waals surface area contributed by atoms with Crippen LogP contribution in [0.2, 0.25) is 0 Å². The zero-order chi connectivity index (χ0) is 12.6. The Morgan fingerprint density at radius 2 is 1.83 bits per heavy atom. The zero-order valence-electron chi connectivity index (χ0n) is 10.5. The maximum Gasteiger partial charge on any atom is 0.183 e. The fraction of sp³-hybridized carbons (Fsp3) is 0.500. The van der Waals surface area contributed by atoms with Gasteiger partial charge in [0.25, 0.3) is 0 Å². The van der Waals surface area contributed by atoms with E-state index >= 15 is 0 Å². The Kier molecular flexibility index (Phi) is 2.70. The summed E-state index contributed by atoms with van der Waals surface area (Å²) in [6, 6.07) is 8.29. The van der Waals surface area contributed by atoms with E-state index in [-0.39, 0.29) is 5.78 Å². The first-order valence-corrected chi connectivity index (χ1v) is 6.83. The molecule has 0 atom stereocenters. The van der Waals surface area contributed by atoms with Gasteiger partial charge in [0.15, 0.2) is 5.78 Å². The number of hydrogen-bond donors (Lipinski definition) is 0. The third-order valence-electron chi connectivity index (χ3n) is 4.47. The first-order chi connectivity index (χ1) is 8.75. The van der Waals surface area contributed by atoms with E-state index in [2.05, 4.69) is 12.1 Å². The van der Waals surface area contributed by atoms with Crippen molar-refractivity contribution in [1.29, 1.82) is 5.26 Å². The van der Waals surface area contributed by atoms with Crippen molar-refractivity contribution in [1.82, 2.24) is 0 Å². The molecule has 2 aliphatic carbocycles. The Morgan fingerprint density at radius 3 is 2.44 bits per heavy atom. The molecule has 0 amide bonds. The lowest BCUT2D eigenvalue weighted by atomic mass is 9.65. The molecule has 0 aliphatic heterocycles. The van der Waals surface area contributed by atoms with Gasteiger partial charge in [0.2, 0.25) is 0 Å². The first-order valence-electron chi connectivity index (χ1n) is 6.83. The van der Waals surface area contributed by atoms with Crippen molar-refractivity contribution in [2.45, 2.75) is 44.9 Å². The molecule has 0 saturated heterocycles. The van der Waals surface area contributed by atoms with Gasteiger partial charge in [0.1, 0.15) is 5.41 Å². The van der Waals surface area contributed by atoms with Gasteiger partial charge in [0, 0.05) is 5.56 Å². The van der Waals surface area contributed by atoms with E-state index in [1.54, 1.807) is 0 Å². The molecule has 0 unspecified atom stereocenters. The van der Waals surface area contributed by atoms with Crippen molar-refractivity contribution in [3.63, 3.8) is 0 Å². The highest BCUT2D eigenvalue weighted by atomic mass is 16.1. The third-order valence-corrected chi connectivity index (χ3v) is 4.47. The number of Topliss-reactive ketones (excluding diaryl/α,β-unsaturated/α-hetero) is 1. The van der Waals surface area contributed by atoms with E-state index in [1.165, 1.54) is 24.0 Å². The summed E-state index contributed by atoms with van der Waals surface area (Å²) in [5.74, 6) is 0.0459. The molecule has 0 spiro atoms.